The van der Waals surface area contributed by atoms with Crippen LogP contribution in [0, 0.1) is 19.7 Å². The maximum Gasteiger partial charge on any atom is 0.234 e. The molecule has 4 aromatic rings. The van der Waals surface area contributed by atoms with Crippen molar-refractivity contribution < 1.29 is 13.9 Å². The second-order valence-electron chi connectivity index (χ2n) is 7.86. The van der Waals surface area contributed by atoms with Gasteiger partial charge in [0, 0.05) is 11.4 Å². The van der Waals surface area contributed by atoms with Gasteiger partial charge in [0.1, 0.15) is 0 Å². The first kappa shape index (κ1) is 23.5. The second kappa shape index (κ2) is 10.5. The summed E-state index contributed by atoms with van der Waals surface area (Å²) < 4.78 is 21.8. The Morgan fingerprint density at radius 1 is 1.06 bits per heavy atom. The number of nitrogens with zero attached hydrogens (tertiary/aromatic N) is 3. The zero-order chi connectivity index (χ0) is 24.1. The summed E-state index contributed by atoms with van der Waals surface area (Å²) in [6.07, 6.45) is -0.581. The molecule has 0 radical (unpaired) electrons. The van der Waals surface area contributed by atoms with Gasteiger partial charge in [0.05, 0.1) is 5.75 Å². The van der Waals surface area contributed by atoms with Crippen LogP contribution in [0.1, 0.15) is 30.0 Å². The third-order valence-corrected chi connectivity index (χ3v) is 6.09. The van der Waals surface area contributed by atoms with E-state index in [-0.39, 0.29) is 17.4 Å². The Kier molecular flexibility index (Phi) is 7.27. The molecule has 1 atom stereocenters. The van der Waals surface area contributed by atoms with Crippen LogP contribution in [-0.2, 0) is 4.79 Å². The largest absolute Gasteiger partial charge is 0.480 e. The Labute approximate surface area is 202 Å². The van der Waals surface area contributed by atoms with Gasteiger partial charge in [-0.05, 0) is 56.7 Å². The molecule has 174 valence electrons. The molecule has 6 nitrogen and oxygen atoms in total. The van der Waals surface area contributed by atoms with E-state index in [2.05, 4.69) is 15.5 Å². The van der Waals surface area contributed by atoms with Crippen LogP contribution in [0.2, 0.25) is 0 Å². The molecule has 0 saturated heterocycles. The van der Waals surface area contributed by atoms with E-state index in [1.165, 1.54) is 17.8 Å². The van der Waals surface area contributed by atoms with Crippen LogP contribution < -0.4 is 10.1 Å². The highest BCUT2D eigenvalue weighted by Crippen LogP contribution is 2.29. The quantitative estimate of drug-likeness (QED) is 0.321. The molecule has 1 N–H and O–H groups in total. The van der Waals surface area contributed by atoms with E-state index in [1.807, 2.05) is 66.9 Å². The number of rotatable bonds is 8. The summed E-state index contributed by atoms with van der Waals surface area (Å²) in [6.45, 7) is 5.77. The average molecular weight is 477 g/mol. The first-order valence-electron chi connectivity index (χ1n) is 10.8. The van der Waals surface area contributed by atoms with Crippen molar-refractivity contribution in [2.75, 3.05) is 11.1 Å². The van der Waals surface area contributed by atoms with Gasteiger partial charge in [0.15, 0.2) is 28.7 Å². The van der Waals surface area contributed by atoms with Crippen LogP contribution in [0.4, 0.5) is 10.1 Å². The van der Waals surface area contributed by atoms with Crippen molar-refractivity contribution in [3.05, 3.63) is 95.6 Å². The Bertz CT molecular complexity index is 1290. The van der Waals surface area contributed by atoms with Crippen molar-refractivity contribution in [2.24, 2.45) is 0 Å². The molecule has 1 unspecified atom stereocenters. The Morgan fingerprint density at radius 2 is 1.79 bits per heavy atom. The van der Waals surface area contributed by atoms with E-state index in [0.717, 1.165) is 22.5 Å². The molecule has 1 aromatic heterocycles. The van der Waals surface area contributed by atoms with Gasteiger partial charge in [-0.1, -0.05) is 59.8 Å². The predicted molar refractivity (Wildman–Crippen MR) is 132 cm³/mol. The molecule has 4 rings (SSSR count). The maximum absolute atomic E-state index is 14.1. The van der Waals surface area contributed by atoms with Crippen LogP contribution in [0.25, 0.3) is 5.69 Å². The molecule has 34 heavy (non-hydrogen) atoms. The van der Waals surface area contributed by atoms with E-state index < -0.39 is 11.9 Å². The summed E-state index contributed by atoms with van der Waals surface area (Å²) in [7, 11) is 0. The highest BCUT2D eigenvalue weighted by Gasteiger charge is 2.22. The number of nitrogens with one attached hydrogen (secondary N) is 1. The summed E-state index contributed by atoms with van der Waals surface area (Å²) >= 11 is 1.27. The number of halogens is 1. The number of para-hydroxylation sites is 2. The van der Waals surface area contributed by atoms with Crippen LogP contribution >= 0.6 is 11.8 Å². The van der Waals surface area contributed by atoms with E-state index in [0.29, 0.717) is 11.0 Å². The smallest absolute Gasteiger partial charge is 0.234 e. The molecule has 0 aliphatic heterocycles. The normalized spacial score (nSPS) is 11.8. The molecule has 1 heterocycles. The Balaban J connectivity index is 1.55. The molecule has 1 amide bonds. The monoisotopic (exact) mass is 476 g/mol. The summed E-state index contributed by atoms with van der Waals surface area (Å²) in [5, 5.41) is 12.1. The lowest BCUT2D eigenvalue weighted by atomic mass is 10.1. The Morgan fingerprint density at radius 3 is 2.53 bits per heavy atom. The highest BCUT2D eigenvalue weighted by molar-refractivity contribution is 7.99. The molecular weight excluding hydrogens is 451 g/mol. The van der Waals surface area contributed by atoms with Crippen molar-refractivity contribution in [1.82, 2.24) is 14.8 Å². The lowest BCUT2D eigenvalue weighted by molar-refractivity contribution is -0.113. The summed E-state index contributed by atoms with van der Waals surface area (Å²) in [5.74, 6) is 0.210. The summed E-state index contributed by atoms with van der Waals surface area (Å²) in [4.78, 5) is 12.6. The number of thioether (sulfide) groups is 1. The molecule has 0 bridgehead atoms. The number of benzene rings is 3. The minimum absolute atomic E-state index is 0.139. The van der Waals surface area contributed by atoms with Gasteiger partial charge < -0.3 is 10.1 Å². The van der Waals surface area contributed by atoms with E-state index in [4.69, 9.17) is 4.74 Å². The van der Waals surface area contributed by atoms with Gasteiger partial charge in [0.25, 0.3) is 0 Å². The number of carbonyl (C=O) groups is 1. The molecular formula is C26H25FN4O2S. The third-order valence-electron chi connectivity index (χ3n) is 5.17. The van der Waals surface area contributed by atoms with Crippen molar-refractivity contribution in [3.63, 3.8) is 0 Å². The highest BCUT2D eigenvalue weighted by atomic mass is 32.2. The van der Waals surface area contributed by atoms with Crippen LogP contribution in [0.15, 0.2) is 78.0 Å². The first-order valence-corrected chi connectivity index (χ1v) is 11.8. The molecule has 0 spiro atoms. The second-order valence-corrected chi connectivity index (χ2v) is 8.80. The fourth-order valence-electron chi connectivity index (χ4n) is 3.51. The van der Waals surface area contributed by atoms with Crippen molar-refractivity contribution >= 4 is 23.4 Å². The van der Waals surface area contributed by atoms with E-state index in [9.17, 15) is 9.18 Å². The third kappa shape index (κ3) is 5.46. The molecule has 3 aromatic carbocycles. The SMILES string of the molecule is Cc1ccc(NC(=O)CSc2nnc(C(C)Oc3ccccc3F)n2-c2ccccc2)c(C)c1. The Hall–Kier alpha value is -3.65. The molecule has 8 heteroatoms. The predicted octanol–water partition coefficient (Wildman–Crippen LogP) is 5.89. The van der Waals surface area contributed by atoms with E-state index >= 15 is 0 Å². The number of anilines is 1. The number of amides is 1. The molecule has 0 aliphatic carbocycles. The van der Waals surface area contributed by atoms with Crippen LogP contribution in [0.3, 0.4) is 0 Å². The number of carbonyl (C=O) groups excluding carboxylic acids is 1. The minimum atomic E-state index is -0.581. The summed E-state index contributed by atoms with van der Waals surface area (Å²) in [5.41, 5.74) is 3.75. The van der Waals surface area contributed by atoms with E-state index in [1.54, 1.807) is 25.1 Å². The number of aromatic nitrogens is 3. The maximum atomic E-state index is 14.1. The first-order chi connectivity index (χ1) is 16.4. The number of aryl methyl sites for hydroxylation is 2. The topological polar surface area (TPSA) is 69.0 Å². The van der Waals surface area contributed by atoms with Gasteiger partial charge in [-0.25, -0.2) is 4.39 Å². The zero-order valence-electron chi connectivity index (χ0n) is 19.2. The van der Waals surface area contributed by atoms with Gasteiger partial charge in [-0.3, -0.25) is 9.36 Å². The number of hydrogen-bond donors (Lipinski definition) is 1. The van der Waals surface area contributed by atoms with Gasteiger partial charge in [-0.15, -0.1) is 10.2 Å². The average Bonchev–Trinajstić information content (AvgIpc) is 3.26. The number of ether oxygens (including phenoxy) is 1. The van der Waals surface area contributed by atoms with Gasteiger partial charge in [0.2, 0.25) is 5.91 Å². The lowest BCUT2D eigenvalue weighted by Crippen LogP contribution is -2.16. The fourth-order valence-corrected chi connectivity index (χ4v) is 4.27. The standard InChI is InChI=1S/C26H25FN4O2S/c1-17-13-14-22(18(2)15-17)28-24(32)16-34-26-30-29-25(31(26)20-9-5-4-6-10-20)19(3)33-23-12-8-7-11-21(23)27/h4-15,19H,16H2,1-3H3,(H,28,32). The molecule has 0 aliphatic rings. The van der Waals surface area contributed by atoms with Crippen LogP contribution in [0.5, 0.6) is 5.75 Å². The fraction of sp³-hybridized carbons (Fsp3) is 0.192. The van der Waals surface area contributed by atoms with Crippen molar-refractivity contribution in [2.45, 2.75) is 32.0 Å². The zero-order valence-corrected chi connectivity index (χ0v) is 20.0. The van der Waals surface area contributed by atoms with Crippen LogP contribution in [-0.4, -0.2) is 26.4 Å². The molecule has 0 saturated carbocycles. The minimum Gasteiger partial charge on any atom is -0.480 e. The van der Waals surface area contributed by atoms with Gasteiger partial charge in [-0.2, -0.15) is 0 Å². The van der Waals surface area contributed by atoms with Gasteiger partial charge >= 0.3 is 0 Å². The number of hydrogen-bond acceptors (Lipinski definition) is 5. The lowest BCUT2D eigenvalue weighted by Gasteiger charge is -2.17. The molecule has 0 fully saturated rings. The summed E-state index contributed by atoms with van der Waals surface area (Å²) in [6, 6.07) is 21.7. The van der Waals surface area contributed by atoms with Crippen molar-refractivity contribution in [3.8, 4) is 11.4 Å². The van der Waals surface area contributed by atoms with Crippen molar-refractivity contribution in [1.29, 1.82) is 0 Å².